The molecule has 0 spiro atoms. The van der Waals surface area contributed by atoms with Crippen LogP contribution in [0.15, 0.2) is 65.1 Å². The van der Waals surface area contributed by atoms with Gasteiger partial charge in [-0.15, -0.1) is 0 Å². The van der Waals surface area contributed by atoms with Gasteiger partial charge in [-0.1, -0.05) is 47.5 Å². The summed E-state index contributed by atoms with van der Waals surface area (Å²) in [5.41, 5.74) is 3.90. The minimum absolute atomic E-state index is 0.132. The Hall–Kier alpha value is -2.54. The number of rotatable bonds is 9. The van der Waals surface area contributed by atoms with Gasteiger partial charge in [-0.05, 0) is 64.3 Å². The number of aryl methyl sites for hydroxylation is 1. The number of nitrogens with one attached hydrogen (secondary N) is 2. The van der Waals surface area contributed by atoms with Crippen LogP contribution in [0.5, 0.6) is 11.5 Å². The lowest BCUT2D eigenvalue weighted by Gasteiger charge is -2.15. The molecule has 0 saturated carbocycles. The third-order valence-electron chi connectivity index (χ3n) is 4.57. The number of carbonyl (C=O) groups is 1. The van der Waals surface area contributed by atoms with Gasteiger partial charge in [0.2, 0.25) is 0 Å². The number of hydrogen-bond acceptors (Lipinski definition) is 4. The van der Waals surface area contributed by atoms with Crippen molar-refractivity contribution in [1.29, 1.82) is 0 Å². The zero-order valence-corrected chi connectivity index (χ0v) is 19.7. The van der Waals surface area contributed by atoms with E-state index in [0.717, 1.165) is 27.4 Å². The lowest BCUT2D eigenvalue weighted by Crippen LogP contribution is -2.20. The molecule has 0 fully saturated rings. The highest BCUT2D eigenvalue weighted by Gasteiger charge is 2.14. The van der Waals surface area contributed by atoms with E-state index in [1.165, 1.54) is 0 Å². The van der Waals surface area contributed by atoms with Gasteiger partial charge >= 0.3 is 0 Å². The molecule has 3 aromatic rings. The van der Waals surface area contributed by atoms with Crippen LogP contribution < -0.4 is 20.1 Å². The lowest BCUT2D eigenvalue weighted by atomic mass is 10.2. The molecule has 162 valence electrons. The van der Waals surface area contributed by atoms with Crippen LogP contribution in [0, 0.1) is 6.92 Å². The van der Waals surface area contributed by atoms with Gasteiger partial charge in [0.25, 0.3) is 5.91 Å². The summed E-state index contributed by atoms with van der Waals surface area (Å²) in [6.07, 6.45) is 0. The van der Waals surface area contributed by atoms with Gasteiger partial charge < -0.3 is 20.1 Å². The van der Waals surface area contributed by atoms with E-state index in [-0.39, 0.29) is 12.5 Å². The van der Waals surface area contributed by atoms with Gasteiger partial charge in [-0.25, -0.2) is 0 Å². The van der Waals surface area contributed by atoms with Crippen molar-refractivity contribution in [3.8, 4) is 11.5 Å². The van der Waals surface area contributed by atoms with Gasteiger partial charge in [0.05, 0.1) is 11.6 Å². The monoisotopic (exact) mass is 502 g/mol. The standard InChI is InChI=1S/C24H24BrClN2O3/c1-16-7-9-19(10-8-16)28-23(29)15-31-24-20(25)11-17(12-22(24)30-2)13-27-14-18-5-3-4-6-21(18)26/h3-12,27H,13-15H2,1-2H3,(H,28,29). The molecule has 0 heterocycles. The van der Waals surface area contributed by atoms with Crippen LogP contribution in [0.3, 0.4) is 0 Å². The predicted octanol–water partition coefficient (Wildman–Crippen LogP) is 5.73. The van der Waals surface area contributed by atoms with Crippen LogP contribution in [0.1, 0.15) is 16.7 Å². The fraction of sp³-hybridized carbons (Fsp3) is 0.208. The predicted molar refractivity (Wildman–Crippen MR) is 128 cm³/mol. The zero-order chi connectivity index (χ0) is 22.2. The summed E-state index contributed by atoms with van der Waals surface area (Å²) in [6, 6.07) is 19.2. The van der Waals surface area contributed by atoms with Crippen LogP contribution in [0.2, 0.25) is 5.02 Å². The summed E-state index contributed by atoms with van der Waals surface area (Å²) in [4.78, 5) is 12.2. The highest BCUT2D eigenvalue weighted by Crippen LogP contribution is 2.36. The Kier molecular flexibility index (Phi) is 8.35. The Labute approximate surface area is 195 Å². The molecule has 0 aromatic heterocycles. The maximum absolute atomic E-state index is 12.2. The molecule has 0 unspecified atom stereocenters. The first-order chi connectivity index (χ1) is 15.0. The number of amides is 1. The topological polar surface area (TPSA) is 59.6 Å². The average Bonchev–Trinajstić information content (AvgIpc) is 2.75. The Balaban J connectivity index is 1.59. The van der Waals surface area contributed by atoms with E-state index in [1.807, 2.05) is 67.6 Å². The van der Waals surface area contributed by atoms with E-state index in [4.69, 9.17) is 21.1 Å². The molecular formula is C24H24BrClN2O3. The second-order valence-electron chi connectivity index (χ2n) is 7.01. The van der Waals surface area contributed by atoms with Crippen LogP contribution in [-0.2, 0) is 17.9 Å². The molecule has 0 saturated heterocycles. The summed E-state index contributed by atoms with van der Waals surface area (Å²) in [5, 5.41) is 6.92. The van der Waals surface area contributed by atoms with Crippen molar-refractivity contribution in [2.45, 2.75) is 20.0 Å². The van der Waals surface area contributed by atoms with E-state index >= 15 is 0 Å². The largest absolute Gasteiger partial charge is 0.493 e. The summed E-state index contributed by atoms with van der Waals surface area (Å²) in [5.74, 6) is 0.784. The number of hydrogen-bond donors (Lipinski definition) is 2. The van der Waals surface area contributed by atoms with Gasteiger partial charge in [0, 0.05) is 23.8 Å². The van der Waals surface area contributed by atoms with E-state index in [2.05, 4.69) is 26.6 Å². The first kappa shape index (κ1) is 23.1. The van der Waals surface area contributed by atoms with Gasteiger partial charge in [-0.3, -0.25) is 4.79 Å². The fourth-order valence-corrected chi connectivity index (χ4v) is 3.78. The fourth-order valence-electron chi connectivity index (χ4n) is 2.97. The minimum atomic E-state index is -0.247. The molecule has 0 atom stereocenters. The number of halogens is 2. The van der Waals surface area contributed by atoms with Gasteiger partial charge in [0.1, 0.15) is 0 Å². The maximum atomic E-state index is 12.2. The maximum Gasteiger partial charge on any atom is 0.262 e. The highest BCUT2D eigenvalue weighted by molar-refractivity contribution is 9.10. The quantitative estimate of drug-likeness (QED) is 0.392. The van der Waals surface area contributed by atoms with Crippen molar-refractivity contribution in [1.82, 2.24) is 5.32 Å². The SMILES string of the molecule is COc1cc(CNCc2ccccc2Cl)cc(Br)c1OCC(=O)Nc1ccc(C)cc1. The Morgan fingerprint density at radius 1 is 1.06 bits per heavy atom. The molecule has 0 aliphatic carbocycles. The number of benzene rings is 3. The third-order valence-corrected chi connectivity index (χ3v) is 5.53. The van der Waals surface area contributed by atoms with E-state index in [9.17, 15) is 4.79 Å². The molecule has 1 amide bonds. The number of carbonyl (C=O) groups excluding carboxylic acids is 1. The van der Waals surface area contributed by atoms with Crippen LogP contribution in [0.4, 0.5) is 5.69 Å². The molecule has 0 aliphatic rings. The van der Waals surface area contributed by atoms with E-state index < -0.39 is 0 Å². The molecule has 31 heavy (non-hydrogen) atoms. The van der Waals surface area contributed by atoms with Crippen molar-refractivity contribution in [3.05, 3.63) is 86.8 Å². The van der Waals surface area contributed by atoms with Crippen molar-refractivity contribution in [2.24, 2.45) is 0 Å². The van der Waals surface area contributed by atoms with Crippen molar-refractivity contribution >= 4 is 39.1 Å². The molecule has 3 rings (SSSR count). The third kappa shape index (κ3) is 6.72. The molecule has 2 N–H and O–H groups in total. The molecule has 0 radical (unpaired) electrons. The number of methoxy groups -OCH3 is 1. The zero-order valence-electron chi connectivity index (χ0n) is 17.4. The van der Waals surface area contributed by atoms with Crippen molar-refractivity contribution in [2.75, 3.05) is 19.0 Å². The van der Waals surface area contributed by atoms with Crippen LogP contribution in [0.25, 0.3) is 0 Å². The molecule has 5 nitrogen and oxygen atoms in total. The average molecular weight is 504 g/mol. The first-order valence-electron chi connectivity index (χ1n) is 9.76. The second kappa shape index (κ2) is 11.2. The summed E-state index contributed by atoms with van der Waals surface area (Å²) in [7, 11) is 1.57. The number of anilines is 1. The highest BCUT2D eigenvalue weighted by atomic mass is 79.9. The van der Waals surface area contributed by atoms with Crippen molar-refractivity contribution in [3.63, 3.8) is 0 Å². The minimum Gasteiger partial charge on any atom is -0.493 e. The Bertz CT molecular complexity index is 1040. The van der Waals surface area contributed by atoms with Crippen molar-refractivity contribution < 1.29 is 14.3 Å². The van der Waals surface area contributed by atoms with E-state index in [1.54, 1.807) is 7.11 Å². The number of ether oxygens (including phenoxy) is 2. The van der Waals surface area contributed by atoms with Crippen LogP contribution >= 0.6 is 27.5 Å². The first-order valence-corrected chi connectivity index (χ1v) is 10.9. The molecular weight excluding hydrogens is 480 g/mol. The summed E-state index contributed by atoms with van der Waals surface area (Å²) in [6.45, 7) is 3.13. The van der Waals surface area contributed by atoms with Gasteiger partial charge in [0.15, 0.2) is 18.1 Å². The lowest BCUT2D eigenvalue weighted by molar-refractivity contribution is -0.118. The van der Waals surface area contributed by atoms with Gasteiger partial charge in [-0.2, -0.15) is 0 Å². The molecule has 0 aliphatic heterocycles. The smallest absolute Gasteiger partial charge is 0.262 e. The second-order valence-corrected chi connectivity index (χ2v) is 8.27. The summed E-state index contributed by atoms with van der Waals surface area (Å²) >= 11 is 9.73. The Morgan fingerprint density at radius 3 is 2.52 bits per heavy atom. The van der Waals surface area contributed by atoms with E-state index in [0.29, 0.717) is 29.1 Å². The Morgan fingerprint density at radius 2 is 1.81 bits per heavy atom. The molecule has 7 heteroatoms. The summed E-state index contributed by atoms with van der Waals surface area (Å²) < 4.78 is 11.9. The molecule has 0 bridgehead atoms. The normalized spacial score (nSPS) is 10.6. The molecule has 3 aromatic carbocycles. The van der Waals surface area contributed by atoms with Crippen LogP contribution in [-0.4, -0.2) is 19.6 Å².